The van der Waals surface area contributed by atoms with Crippen LogP contribution in [0, 0.1) is 23.2 Å². The van der Waals surface area contributed by atoms with E-state index >= 15 is 0 Å². The average molecular weight is 323 g/mol. The summed E-state index contributed by atoms with van der Waals surface area (Å²) in [7, 11) is 1.49. The number of rotatable bonds is 9. The number of carbonyl (C=O) groups is 1. The highest BCUT2D eigenvalue weighted by atomic mass is 16.6. The molecule has 0 aliphatic heterocycles. The van der Waals surface area contributed by atoms with Gasteiger partial charge < -0.3 is 14.6 Å². The lowest BCUT2D eigenvalue weighted by atomic mass is 9.84. The van der Waals surface area contributed by atoms with Crippen LogP contribution in [0.15, 0.2) is 11.1 Å². The van der Waals surface area contributed by atoms with Gasteiger partial charge in [0.15, 0.2) is 6.29 Å². The molecule has 5 nitrogen and oxygen atoms in total. The number of aliphatic hydroxyl groups is 1. The van der Waals surface area contributed by atoms with Crippen LogP contribution in [-0.2, 0) is 14.3 Å². The number of carbonyl (C=O) groups excluding carboxylic acids is 1. The van der Waals surface area contributed by atoms with Gasteiger partial charge in [0.1, 0.15) is 11.6 Å². The van der Waals surface area contributed by atoms with Crippen molar-refractivity contribution in [3.8, 4) is 6.07 Å². The fourth-order valence-electron chi connectivity index (χ4n) is 3.44. The smallest absolute Gasteiger partial charge is 0.348 e. The summed E-state index contributed by atoms with van der Waals surface area (Å²) in [6.07, 6.45) is 5.60. The molecule has 5 heteroatoms. The average Bonchev–Trinajstić information content (AvgIpc) is 2.91. The van der Waals surface area contributed by atoms with Crippen LogP contribution >= 0.6 is 0 Å². The first-order valence-electron chi connectivity index (χ1n) is 8.60. The van der Waals surface area contributed by atoms with Gasteiger partial charge in [0.05, 0.1) is 6.61 Å². The molecule has 1 aliphatic rings. The summed E-state index contributed by atoms with van der Waals surface area (Å²) >= 11 is 0. The number of unbranched alkanes of at least 4 members (excludes halogenated alkanes) is 2. The first-order chi connectivity index (χ1) is 11.1. The molecule has 0 aromatic rings. The third-order valence-electron chi connectivity index (χ3n) is 4.61. The van der Waals surface area contributed by atoms with Crippen LogP contribution in [0.1, 0.15) is 58.8 Å². The Morgan fingerprint density at radius 1 is 1.43 bits per heavy atom. The Hall–Kier alpha value is -1.38. The summed E-state index contributed by atoms with van der Waals surface area (Å²) in [4.78, 5) is 12.0. The molecule has 0 spiro atoms. The van der Waals surface area contributed by atoms with E-state index in [1.54, 1.807) is 6.92 Å². The van der Waals surface area contributed by atoms with Crippen molar-refractivity contribution >= 4 is 5.97 Å². The lowest BCUT2D eigenvalue weighted by Crippen LogP contribution is -2.20. The number of esters is 1. The molecule has 23 heavy (non-hydrogen) atoms. The first-order valence-corrected chi connectivity index (χ1v) is 8.60. The van der Waals surface area contributed by atoms with Crippen molar-refractivity contribution in [3.05, 3.63) is 11.1 Å². The van der Waals surface area contributed by atoms with Crippen LogP contribution in [-0.4, -0.2) is 31.1 Å². The van der Waals surface area contributed by atoms with E-state index in [1.807, 2.05) is 6.07 Å². The predicted molar refractivity (Wildman–Crippen MR) is 87.3 cm³/mol. The number of aliphatic hydroxyl groups excluding tert-OH is 1. The molecule has 0 radical (unpaired) electrons. The minimum absolute atomic E-state index is 0.158. The minimum atomic E-state index is -0.791. The van der Waals surface area contributed by atoms with Gasteiger partial charge in [-0.1, -0.05) is 26.2 Å². The normalized spacial score (nSPS) is 24.1. The second-order valence-corrected chi connectivity index (χ2v) is 6.06. The van der Waals surface area contributed by atoms with Crippen molar-refractivity contribution < 1.29 is 19.4 Å². The summed E-state index contributed by atoms with van der Waals surface area (Å²) in [5.74, 6) is -0.113. The number of methoxy groups -OCH3 is 1. The zero-order chi connectivity index (χ0) is 17.2. The topological polar surface area (TPSA) is 79.6 Å². The zero-order valence-electron chi connectivity index (χ0n) is 14.5. The third kappa shape index (κ3) is 5.63. The Labute approximate surface area is 139 Å². The fraction of sp³-hybridized carbons (Fsp3) is 0.778. The maximum atomic E-state index is 12.0. The number of hydrogen-bond donors (Lipinski definition) is 1. The highest BCUT2D eigenvalue weighted by molar-refractivity contribution is 5.93. The van der Waals surface area contributed by atoms with E-state index in [0.29, 0.717) is 6.42 Å². The highest BCUT2D eigenvalue weighted by Crippen LogP contribution is 2.43. The summed E-state index contributed by atoms with van der Waals surface area (Å²) in [6, 6.07) is 2.05. The number of ether oxygens (including phenoxy) is 2. The molecule has 130 valence electrons. The van der Waals surface area contributed by atoms with Gasteiger partial charge in [0, 0.05) is 13.5 Å². The second kappa shape index (κ2) is 10.4. The van der Waals surface area contributed by atoms with E-state index in [-0.39, 0.29) is 24.0 Å². The van der Waals surface area contributed by atoms with E-state index in [9.17, 15) is 15.2 Å². The van der Waals surface area contributed by atoms with Crippen LogP contribution in [0.4, 0.5) is 0 Å². The molecule has 1 saturated carbocycles. The number of allylic oxidation sites excluding steroid dienone is 1. The molecular formula is C18H29NO4. The summed E-state index contributed by atoms with van der Waals surface area (Å²) < 4.78 is 10.0. The standard InChI is InChI=1S/C18H29NO4/c1-4-6-7-8-14-13(11-17(20)22-3)9-10-15(14)16(12-19)18(21)23-5-2/h13-14,17,20H,4-11H2,1-3H3/b16-15-. The van der Waals surface area contributed by atoms with Crippen LogP contribution in [0.25, 0.3) is 0 Å². The van der Waals surface area contributed by atoms with Crippen LogP contribution in [0.5, 0.6) is 0 Å². The minimum Gasteiger partial charge on any atom is -0.462 e. The maximum Gasteiger partial charge on any atom is 0.348 e. The molecule has 1 fully saturated rings. The van der Waals surface area contributed by atoms with Crippen molar-refractivity contribution in [2.45, 2.75) is 65.1 Å². The molecule has 1 N–H and O–H groups in total. The fourth-order valence-corrected chi connectivity index (χ4v) is 3.44. The Morgan fingerprint density at radius 3 is 2.74 bits per heavy atom. The maximum absolute atomic E-state index is 12.0. The lowest BCUT2D eigenvalue weighted by molar-refractivity contribution is -0.138. The Bertz CT molecular complexity index is 452. The van der Waals surface area contributed by atoms with Gasteiger partial charge in [0.25, 0.3) is 0 Å². The third-order valence-corrected chi connectivity index (χ3v) is 4.61. The van der Waals surface area contributed by atoms with Gasteiger partial charge >= 0.3 is 5.97 Å². The molecule has 1 aliphatic carbocycles. The Morgan fingerprint density at radius 2 is 2.17 bits per heavy atom. The molecule has 0 heterocycles. The van der Waals surface area contributed by atoms with Gasteiger partial charge in [-0.05, 0) is 43.6 Å². The van der Waals surface area contributed by atoms with E-state index < -0.39 is 12.3 Å². The molecule has 0 saturated heterocycles. The highest BCUT2D eigenvalue weighted by Gasteiger charge is 2.36. The monoisotopic (exact) mass is 323 g/mol. The second-order valence-electron chi connectivity index (χ2n) is 6.06. The van der Waals surface area contributed by atoms with Crippen molar-refractivity contribution in [3.63, 3.8) is 0 Å². The molecule has 1 rings (SSSR count). The Kier molecular flexibility index (Phi) is 8.90. The zero-order valence-corrected chi connectivity index (χ0v) is 14.5. The molecule has 0 aromatic carbocycles. The van der Waals surface area contributed by atoms with Crippen molar-refractivity contribution in [1.82, 2.24) is 0 Å². The predicted octanol–water partition coefficient (Wildman–Crippen LogP) is 3.33. The van der Waals surface area contributed by atoms with E-state index in [2.05, 4.69) is 6.92 Å². The summed E-state index contributed by atoms with van der Waals surface area (Å²) in [6.45, 7) is 4.16. The van der Waals surface area contributed by atoms with Gasteiger partial charge in [-0.2, -0.15) is 5.26 Å². The van der Waals surface area contributed by atoms with E-state index in [0.717, 1.165) is 44.1 Å². The Balaban J connectivity index is 2.98. The lowest BCUT2D eigenvalue weighted by Gasteiger charge is -2.23. The van der Waals surface area contributed by atoms with Crippen LogP contribution in [0.3, 0.4) is 0 Å². The summed E-state index contributed by atoms with van der Waals surface area (Å²) in [5, 5.41) is 19.2. The van der Waals surface area contributed by atoms with E-state index in [1.165, 1.54) is 7.11 Å². The number of nitrogens with zero attached hydrogens (tertiary/aromatic N) is 1. The van der Waals surface area contributed by atoms with Gasteiger partial charge in [-0.25, -0.2) is 4.79 Å². The largest absolute Gasteiger partial charge is 0.462 e. The van der Waals surface area contributed by atoms with E-state index in [4.69, 9.17) is 9.47 Å². The van der Waals surface area contributed by atoms with Crippen molar-refractivity contribution in [2.24, 2.45) is 11.8 Å². The van der Waals surface area contributed by atoms with Crippen molar-refractivity contribution in [1.29, 1.82) is 5.26 Å². The van der Waals surface area contributed by atoms with Gasteiger partial charge in [-0.3, -0.25) is 0 Å². The molecule has 3 unspecified atom stereocenters. The SMILES string of the molecule is CCCCCC1/C(=C(/C#N)C(=O)OCC)CCC1CC(O)OC. The molecule has 0 bridgehead atoms. The summed E-state index contributed by atoms with van der Waals surface area (Å²) in [5.41, 5.74) is 1.08. The first kappa shape index (κ1) is 19.7. The van der Waals surface area contributed by atoms with Crippen LogP contribution in [0.2, 0.25) is 0 Å². The molecule has 0 aromatic heterocycles. The van der Waals surface area contributed by atoms with Crippen LogP contribution < -0.4 is 0 Å². The number of nitriles is 1. The molecule has 0 amide bonds. The molecular weight excluding hydrogens is 294 g/mol. The van der Waals surface area contributed by atoms with Gasteiger partial charge in [0.2, 0.25) is 0 Å². The van der Waals surface area contributed by atoms with Crippen molar-refractivity contribution in [2.75, 3.05) is 13.7 Å². The number of hydrogen-bond acceptors (Lipinski definition) is 5. The van der Waals surface area contributed by atoms with Gasteiger partial charge in [-0.15, -0.1) is 0 Å². The quantitative estimate of drug-likeness (QED) is 0.231. The molecule has 3 atom stereocenters.